The average molecular weight is 235 g/mol. The molecule has 0 bridgehead atoms. The molecule has 2 N–H and O–H groups in total. The lowest BCUT2D eigenvalue weighted by atomic mass is 9.84. The lowest BCUT2D eigenvalue weighted by molar-refractivity contribution is 0.286. The van der Waals surface area contributed by atoms with E-state index in [0.29, 0.717) is 6.54 Å². The van der Waals surface area contributed by atoms with Crippen LogP contribution in [0.2, 0.25) is 0 Å². The van der Waals surface area contributed by atoms with Crippen LogP contribution in [-0.2, 0) is 11.8 Å². The molecule has 96 valence electrons. The first-order valence-corrected chi connectivity index (χ1v) is 6.51. The highest BCUT2D eigenvalue weighted by Crippen LogP contribution is 2.22. The van der Waals surface area contributed by atoms with E-state index in [1.807, 2.05) is 0 Å². The van der Waals surface area contributed by atoms with E-state index in [-0.39, 0.29) is 12.0 Å². The molecule has 0 saturated heterocycles. The predicted molar refractivity (Wildman–Crippen MR) is 73.4 cm³/mol. The monoisotopic (exact) mass is 235 g/mol. The third-order valence-electron chi connectivity index (χ3n) is 3.13. The maximum absolute atomic E-state index is 8.77. The quantitative estimate of drug-likeness (QED) is 0.712. The summed E-state index contributed by atoms with van der Waals surface area (Å²) in [4.78, 5) is 0. The van der Waals surface area contributed by atoms with E-state index in [9.17, 15) is 0 Å². The van der Waals surface area contributed by atoms with Crippen LogP contribution in [0.5, 0.6) is 0 Å². The Morgan fingerprint density at radius 2 is 1.82 bits per heavy atom. The summed E-state index contributed by atoms with van der Waals surface area (Å²) < 4.78 is 0. The summed E-state index contributed by atoms with van der Waals surface area (Å²) in [5.74, 6) is 0. The molecule has 0 radical (unpaired) electrons. The van der Waals surface area contributed by atoms with E-state index in [0.717, 1.165) is 13.0 Å². The Bertz CT molecular complexity index is 316. The van der Waals surface area contributed by atoms with Gasteiger partial charge in [-0.3, -0.25) is 0 Å². The van der Waals surface area contributed by atoms with Gasteiger partial charge in [-0.1, -0.05) is 51.5 Å². The Hall–Kier alpha value is -0.860. The molecule has 0 fully saturated rings. The maximum Gasteiger partial charge on any atom is 0.0555 e. The Labute approximate surface area is 105 Å². The highest BCUT2D eigenvalue weighted by Gasteiger charge is 2.19. The van der Waals surface area contributed by atoms with E-state index in [2.05, 4.69) is 50.4 Å². The first kappa shape index (κ1) is 14.2. The zero-order valence-electron chi connectivity index (χ0n) is 11.3. The Morgan fingerprint density at radius 3 is 2.35 bits per heavy atom. The van der Waals surface area contributed by atoms with Gasteiger partial charge in [0.1, 0.15) is 0 Å². The number of aryl methyl sites for hydroxylation is 1. The minimum atomic E-state index is 0.111. The molecule has 0 aliphatic rings. The fraction of sp³-hybridized carbons (Fsp3) is 0.600. The summed E-state index contributed by atoms with van der Waals surface area (Å²) >= 11 is 0. The SMILES string of the molecule is CCCc1ccc(C(C)(C)CNCCO)cc1. The lowest BCUT2D eigenvalue weighted by Gasteiger charge is -2.26. The molecule has 2 heteroatoms. The molecule has 0 saturated carbocycles. The molecule has 2 nitrogen and oxygen atoms in total. The molecule has 1 rings (SSSR count). The summed E-state index contributed by atoms with van der Waals surface area (Å²) in [6, 6.07) is 8.91. The molecular weight excluding hydrogens is 210 g/mol. The normalized spacial score (nSPS) is 11.8. The molecule has 17 heavy (non-hydrogen) atoms. The number of hydrogen-bond donors (Lipinski definition) is 2. The molecule has 1 aromatic carbocycles. The van der Waals surface area contributed by atoms with E-state index in [1.165, 1.54) is 17.5 Å². The predicted octanol–water partition coefficient (Wildman–Crippen LogP) is 2.50. The van der Waals surface area contributed by atoms with E-state index < -0.39 is 0 Å². The van der Waals surface area contributed by atoms with E-state index in [4.69, 9.17) is 5.11 Å². The van der Waals surface area contributed by atoms with Gasteiger partial charge in [0.25, 0.3) is 0 Å². The molecule has 0 atom stereocenters. The summed E-state index contributed by atoms with van der Waals surface area (Å²) in [5, 5.41) is 12.0. The average Bonchev–Trinajstić information content (AvgIpc) is 2.30. The Morgan fingerprint density at radius 1 is 1.18 bits per heavy atom. The molecule has 0 aromatic heterocycles. The second-order valence-electron chi connectivity index (χ2n) is 5.23. The van der Waals surface area contributed by atoms with Crippen LogP contribution >= 0.6 is 0 Å². The number of aliphatic hydroxyl groups is 1. The van der Waals surface area contributed by atoms with Crippen LogP contribution in [0.4, 0.5) is 0 Å². The highest BCUT2D eigenvalue weighted by molar-refractivity contribution is 5.28. The van der Waals surface area contributed by atoms with Crippen molar-refractivity contribution in [3.8, 4) is 0 Å². The Balaban J connectivity index is 2.63. The first-order chi connectivity index (χ1) is 8.10. The van der Waals surface area contributed by atoms with Crippen molar-refractivity contribution in [3.63, 3.8) is 0 Å². The number of rotatable bonds is 7. The van der Waals surface area contributed by atoms with Crippen molar-refractivity contribution in [2.45, 2.75) is 39.0 Å². The third-order valence-corrected chi connectivity index (χ3v) is 3.13. The van der Waals surface area contributed by atoms with Crippen molar-refractivity contribution >= 4 is 0 Å². The molecular formula is C15H25NO. The van der Waals surface area contributed by atoms with Crippen LogP contribution in [0.15, 0.2) is 24.3 Å². The lowest BCUT2D eigenvalue weighted by Crippen LogP contribution is -2.34. The molecule has 0 heterocycles. The van der Waals surface area contributed by atoms with Crippen LogP contribution in [0.3, 0.4) is 0 Å². The van der Waals surface area contributed by atoms with Crippen LogP contribution in [-0.4, -0.2) is 24.8 Å². The third kappa shape index (κ3) is 4.49. The van der Waals surface area contributed by atoms with Crippen molar-refractivity contribution in [1.29, 1.82) is 0 Å². The van der Waals surface area contributed by atoms with Crippen LogP contribution in [0.25, 0.3) is 0 Å². The number of nitrogens with one attached hydrogen (secondary N) is 1. The molecule has 0 aliphatic heterocycles. The maximum atomic E-state index is 8.77. The number of hydrogen-bond acceptors (Lipinski definition) is 2. The standard InChI is InChI=1S/C15H25NO/c1-4-5-13-6-8-14(9-7-13)15(2,3)12-16-10-11-17/h6-9,16-17H,4-5,10-12H2,1-3H3. The fourth-order valence-electron chi connectivity index (χ4n) is 1.99. The van der Waals surface area contributed by atoms with Gasteiger partial charge in [0, 0.05) is 18.5 Å². The minimum Gasteiger partial charge on any atom is -0.395 e. The van der Waals surface area contributed by atoms with Gasteiger partial charge in [-0.15, -0.1) is 0 Å². The Kier molecular flexibility index (Phi) is 5.66. The van der Waals surface area contributed by atoms with Gasteiger partial charge >= 0.3 is 0 Å². The van der Waals surface area contributed by atoms with Gasteiger partial charge in [-0.25, -0.2) is 0 Å². The highest BCUT2D eigenvalue weighted by atomic mass is 16.3. The van der Waals surface area contributed by atoms with Gasteiger partial charge in [0.2, 0.25) is 0 Å². The molecule has 0 unspecified atom stereocenters. The minimum absolute atomic E-state index is 0.111. The van der Waals surface area contributed by atoms with Crippen molar-refractivity contribution < 1.29 is 5.11 Å². The van der Waals surface area contributed by atoms with E-state index >= 15 is 0 Å². The first-order valence-electron chi connectivity index (χ1n) is 6.51. The van der Waals surface area contributed by atoms with Gasteiger partial charge in [-0.2, -0.15) is 0 Å². The van der Waals surface area contributed by atoms with Crippen molar-refractivity contribution in [1.82, 2.24) is 5.32 Å². The number of aliphatic hydroxyl groups excluding tert-OH is 1. The summed E-state index contributed by atoms with van der Waals surface area (Å²) in [5.41, 5.74) is 2.87. The van der Waals surface area contributed by atoms with Gasteiger partial charge in [0.05, 0.1) is 6.61 Å². The van der Waals surface area contributed by atoms with Crippen molar-refractivity contribution in [3.05, 3.63) is 35.4 Å². The van der Waals surface area contributed by atoms with Crippen LogP contribution < -0.4 is 5.32 Å². The van der Waals surface area contributed by atoms with Gasteiger partial charge in [-0.05, 0) is 17.5 Å². The largest absolute Gasteiger partial charge is 0.395 e. The fourth-order valence-corrected chi connectivity index (χ4v) is 1.99. The topological polar surface area (TPSA) is 32.3 Å². The van der Waals surface area contributed by atoms with Gasteiger partial charge in [0.15, 0.2) is 0 Å². The van der Waals surface area contributed by atoms with E-state index in [1.54, 1.807) is 0 Å². The number of benzene rings is 1. The van der Waals surface area contributed by atoms with Crippen molar-refractivity contribution in [2.75, 3.05) is 19.7 Å². The van der Waals surface area contributed by atoms with Crippen LogP contribution in [0.1, 0.15) is 38.3 Å². The van der Waals surface area contributed by atoms with Gasteiger partial charge < -0.3 is 10.4 Å². The second kappa shape index (κ2) is 6.77. The summed E-state index contributed by atoms with van der Waals surface area (Å²) in [6.45, 7) is 8.42. The molecule has 0 aliphatic carbocycles. The molecule has 1 aromatic rings. The zero-order valence-corrected chi connectivity index (χ0v) is 11.3. The summed E-state index contributed by atoms with van der Waals surface area (Å²) in [6.07, 6.45) is 2.35. The van der Waals surface area contributed by atoms with Crippen LogP contribution in [0, 0.1) is 0 Å². The summed E-state index contributed by atoms with van der Waals surface area (Å²) in [7, 11) is 0. The van der Waals surface area contributed by atoms with Crippen molar-refractivity contribution in [2.24, 2.45) is 0 Å². The molecule has 0 amide bonds. The zero-order chi connectivity index (χ0) is 12.7. The molecule has 0 spiro atoms. The smallest absolute Gasteiger partial charge is 0.0555 e. The second-order valence-corrected chi connectivity index (χ2v) is 5.23.